The Morgan fingerprint density at radius 1 is 1.12 bits per heavy atom. The molecule has 25 heavy (non-hydrogen) atoms. The zero-order valence-electron chi connectivity index (χ0n) is 14.9. The number of carbonyl (C=O) groups is 2. The van der Waals surface area contributed by atoms with Gasteiger partial charge in [0.2, 0.25) is 5.91 Å². The van der Waals surface area contributed by atoms with Gasteiger partial charge in [0.05, 0.1) is 12.0 Å². The van der Waals surface area contributed by atoms with E-state index in [9.17, 15) is 9.59 Å². The molecule has 1 aliphatic rings. The fourth-order valence-electron chi connectivity index (χ4n) is 3.20. The molecule has 1 amide bonds. The van der Waals surface area contributed by atoms with Gasteiger partial charge in [-0.1, -0.05) is 42.5 Å². The normalized spacial score (nSPS) is 18.3. The summed E-state index contributed by atoms with van der Waals surface area (Å²) in [6, 6.07) is 15.5. The zero-order chi connectivity index (χ0) is 18.0. The minimum atomic E-state index is -0.418. The van der Waals surface area contributed by atoms with Gasteiger partial charge in [0.25, 0.3) is 0 Å². The molecule has 2 aromatic rings. The molecule has 4 heteroatoms. The lowest BCUT2D eigenvalue weighted by Crippen LogP contribution is -2.30. The largest absolute Gasteiger partial charge is 0.426 e. The monoisotopic (exact) mass is 337 g/mol. The van der Waals surface area contributed by atoms with Gasteiger partial charge in [-0.2, -0.15) is 0 Å². The molecule has 0 N–H and O–H groups in total. The minimum absolute atomic E-state index is 0.000678. The number of carbonyl (C=O) groups excluding carboxylic acids is 2. The van der Waals surface area contributed by atoms with Crippen LogP contribution in [0.3, 0.4) is 0 Å². The fraction of sp³-hybridized carbons (Fsp3) is 0.333. The van der Waals surface area contributed by atoms with E-state index in [0.29, 0.717) is 12.3 Å². The van der Waals surface area contributed by atoms with Crippen molar-refractivity contribution in [1.29, 1.82) is 0 Å². The van der Waals surface area contributed by atoms with Gasteiger partial charge in [-0.25, -0.2) is 0 Å². The third-order valence-electron chi connectivity index (χ3n) is 5.01. The van der Waals surface area contributed by atoms with E-state index in [0.717, 1.165) is 16.7 Å². The summed E-state index contributed by atoms with van der Waals surface area (Å²) in [5, 5.41) is 0. The molecule has 2 aromatic carbocycles. The van der Waals surface area contributed by atoms with Gasteiger partial charge in [0, 0.05) is 13.0 Å². The second-order valence-corrected chi connectivity index (χ2v) is 6.65. The third kappa shape index (κ3) is 3.58. The van der Waals surface area contributed by atoms with E-state index in [1.165, 1.54) is 0 Å². The summed E-state index contributed by atoms with van der Waals surface area (Å²) in [4.78, 5) is 26.7. The Hall–Kier alpha value is -2.62. The Morgan fingerprint density at radius 3 is 2.56 bits per heavy atom. The molecule has 1 fully saturated rings. The van der Waals surface area contributed by atoms with Crippen molar-refractivity contribution in [3.8, 4) is 5.75 Å². The maximum atomic E-state index is 12.5. The standard InChI is InChI=1S/C21H23NO3/c1-14-8-7-11-19(15(14)2)25-21(24)18-12-20(23)22(13-18)16(3)17-9-5-4-6-10-17/h4-11,16,18H,12-13H2,1-3H3/t16-,18+/m0/s1. The Morgan fingerprint density at radius 2 is 1.84 bits per heavy atom. The van der Waals surface area contributed by atoms with E-state index in [1.807, 2.05) is 63.2 Å². The van der Waals surface area contributed by atoms with E-state index in [4.69, 9.17) is 4.74 Å². The molecule has 0 saturated carbocycles. The second kappa shape index (κ2) is 7.09. The van der Waals surface area contributed by atoms with Crippen LogP contribution in [0.2, 0.25) is 0 Å². The first kappa shape index (κ1) is 17.2. The fourth-order valence-corrected chi connectivity index (χ4v) is 3.20. The van der Waals surface area contributed by atoms with Crippen LogP contribution < -0.4 is 4.74 Å². The van der Waals surface area contributed by atoms with E-state index >= 15 is 0 Å². The van der Waals surface area contributed by atoms with Crippen molar-refractivity contribution >= 4 is 11.9 Å². The number of hydrogen-bond acceptors (Lipinski definition) is 3. The maximum absolute atomic E-state index is 12.5. The molecule has 2 atom stereocenters. The first-order chi connectivity index (χ1) is 12.0. The Bertz CT molecular complexity index is 785. The summed E-state index contributed by atoms with van der Waals surface area (Å²) < 4.78 is 5.57. The summed E-state index contributed by atoms with van der Waals surface area (Å²) in [5.41, 5.74) is 3.10. The van der Waals surface area contributed by atoms with Crippen LogP contribution in [-0.4, -0.2) is 23.3 Å². The first-order valence-corrected chi connectivity index (χ1v) is 8.59. The van der Waals surface area contributed by atoms with Crippen LogP contribution in [0.5, 0.6) is 5.75 Å². The molecular formula is C21H23NO3. The van der Waals surface area contributed by atoms with E-state index in [-0.39, 0.29) is 24.3 Å². The van der Waals surface area contributed by atoms with Gasteiger partial charge >= 0.3 is 5.97 Å². The van der Waals surface area contributed by atoms with Crippen molar-refractivity contribution in [2.24, 2.45) is 5.92 Å². The van der Waals surface area contributed by atoms with Crippen LogP contribution in [-0.2, 0) is 9.59 Å². The first-order valence-electron chi connectivity index (χ1n) is 8.59. The van der Waals surface area contributed by atoms with Crippen molar-refractivity contribution in [2.75, 3.05) is 6.54 Å². The highest BCUT2D eigenvalue weighted by atomic mass is 16.5. The maximum Gasteiger partial charge on any atom is 0.316 e. The van der Waals surface area contributed by atoms with Gasteiger partial charge in [-0.3, -0.25) is 9.59 Å². The second-order valence-electron chi connectivity index (χ2n) is 6.65. The quantitative estimate of drug-likeness (QED) is 0.629. The number of esters is 1. The lowest BCUT2D eigenvalue weighted by molar-refractivity contribution is -0.139. The van der Waals surface area contributed by atoms with E-state index < -0.39 is 5.92 Å². The third-order valence-corrected chi connectivity index (χ3v) is 5.01. The van der Waals surface area contributed by atoms with Crippen LogP contribution in [0.4, 0.5) is 0 Å². The van der Waals surface area contributed by atoms with Crippen molar-refractivity contribution < 1.29 is 14.3 Å². The SMILES string of the molecule is Cc1cccc(OC(=O)[C@@H]2CC(=O)N([C@@H](C)c3ccccc3)C2)c1C. The highest BCUT2D eigenvalue weighted by molar-refractivity contribution is 5.88. The predicted molar refractivity (Wildman–Crippen MR) is 96.2 cm³/mol. The van der Waals surface area contributed by atoms with Crippen LogP contribution in [0, 0.1) is 19.8 Å². The molecule has 1 saturated heterocycles. The van der Waals surface area contributed by atoms with Crippen LogP contribution >= 0.6 is 0 Å². The van der Waals surface area contributed by atoms with Crippen LogP contribution in [0.25, 0.3) is 0 Å². The van der Waals surface area contributed by atoms with Crippen molar-refractivity contribution in [3.05, 3.63) is 65.2 Å². The summed E-state index contributed by atoms with van der Waals surface area (Å²) in [6.45, 7) is 6.31. The van der Waals surface area contributed by atoms with E-state index in [2.05, 4.69) is 0 Å². The van der Waals surface area contributed by atoms with Crippen molar-refractivity contribution in [3.63, 3.8) is 0 Å². The molecule has 1 heterocycles. The van der Waals surface area contributed by atoms with Gasteiger partial charge in [0.15, 0.2) is 0 Å². The topological polar surface area (TPSA) is 46.6 Å². The summed E-state index contributed by atoms with van der Waals surface area (Å²) in [5.74, 6) is -0.172. The number of likely N-dealkylation sites (tertiary alicyclic amines) is 1. The summed E-state index contributed by atoms with van der Waals surface area (Å²) in [7, 11) is 0. The number of nitrogens with zero attached hydrogens (tertiary/aromatic N) is 1. The van der Waals surface area contributed by atoms with Gasteiger partial charge in [-0.15, -0.1) is 0 Å². The molecule has 130 valence electrons. The number of hydrogen-bond donors (Lipinski definition) is 0. The Labute approximate surface area is 148 Å². The lowest BCUT2D eigenvalue weighted by Gasteiger charge is -2.25. The highest BCUT2D eigenvalue weighted by Crippen LogP contribution is 2.30. The predicted octanol–water partition coefficient (Wildman–Crippen LogP) is 3.82. The number of amides is 1. The molecule has 3 rings (SSSR count). The molecule has 0 unspecified atom stereocenters. The zero-order valence-corrected chi connectivity index (χ0v) is 14.9. The number of rotatable bonds is 4. The number of ether oxygens (including phenoxy) is 1. The molecule has 0 aliphatic carbocycles. The van der Waals surface area contributed by atoms with Gasteiger partial charge in [-0.05, 0) is 43.5 Å². The Kier molecular flexibility index (Phi) is 4.88. The minimum Gasteiger partial charge on any atom is -0.426 e. The average molecular weight is 337 g/mol. The molecule has 0 aromatic heterocycles. The molecular weight excluding hydrogens is 314 g/mol. The van der Waals surface area contributed by atoms with Crippen molar-refractivity contribution in [2.45, 2.75) is 33.2 Å². The molecule has 0 radical (unpaired) electrons. The molecule has 0 spiro atoms. The molecule has 0 bridgehead atoms. The van der Waals surface area contributed by atoms with Gasteiger partial charge in [0.1, 0.15) is 5.75 Å². The average Bonchev–Trinajstić information content (AvgIpc) is 3.01. The van der Waals surface area contributed by atoms with Crippen LogP contribution in [0.15, 0.2) is 48.5 Å². The summed E-state index contributed by atoms with van der Waals surface area (Å²) >= 11 is 0. The Balaban J connectivity index is 1.69. The number of aryl methyl sites for hydroxylation is 1. The molecule has 4 nitrogen and oxygen atoms in total. The van der Waals surface area contributed by atoms with Gasteiger partial charge < -0.3 is 9.64 Å². The van der Waals surface area contributed by atoms with Crippen LogP contribution in [0.1, 0.15) is 36.1 Å². The molecule has 1 aliphatic heterocycles. The number of benzene rings is 2. The smallest absolute Gasteiger partial charge is 0.316 e. The van der Waals surface area contributed by atoms with Crippen molar-refractivity contribution in [1.82, 2.24) is 4.90 Å². The lowest BCUT2D eigenvalue weighted by atomic mass is 10.1. The summed E-state index contributed by atoms with van der Waals surface area (Å²) in [6.07, 6.45) is 0.209. The van der Waals surface area contributed by atoms with E-state index in [1.54, 1.807) is 11.0 Å². The highest BCUT2D eigenvalue weighted by Gasteiger charge is 2.38.